The van der Waals surface area contributed by atoms with Gasteiger partial charge < -0.3 is 5.11 Å². The maximum Gasteiger partial charge on any atom is 0.322 e. The highest BCUT2D eigenvalue weighted by molar-refractivity contribution is 7.89. The zero-order valence-corrected chi connectivity index (χ0v) is 15.1. The van der Waals surface area contributed by atoms with Gasteiger partial charge in [0, 0.05) is 7.05 Å². The van der Waals surface area contributed by atoms with Gasteiger partial charge in [0.2, 0.25) is 10.0 Å². The van der Waals surface area contributed by atoms with E-state index in [-0.39, 0.29) is 11.3 Å². The van der Waals surface area contributed by atoms with Crippen molar-refractivity contribution in [2.75, 3.05) is 7.05 Å². The van der Waals surface area contributed by atoms with E-state index in [4.69, 9.17) is 0 Å². The van der Waals surface area contributed by atoms with E-state index in [2.05, 4.69) is 0 Å². The number of benzene rings is 3. The van der Waals surface area contributed by atoms with Gasteiger partial charge in [-0.3, -0.25) is 4.79 Å². The van der Waals surface area contributed by atoms with E-state index < -0.39 is 22.0 Å². The van der Waals surface area contributed by atoms with Crippen LogP contribution in [0.1, 0.15) is 5.56 Å². The standard InChI is InChI=1S/C20H19NO4S/c1-21(19(20(22)23)13-15-7-3-2-4-8-15)26(24,25)18-12-11-16-9-5-6-10-17(16)14-18/h2-12,14,19H,13H2,1H3,(H,22,23)/t19-/m0/s1. The molecule has 5 nitrogen and oxygen atoms in total. The number of hydrogen-bond donors (Lipinski definition) is 1. The Hall–Kier alpha value is -2.70. The molecule has 134 valence electrons. The molecule has 6 heteroatoms. The number of carboxylic acids is 1. The molecule has 3 aromatic rings. The minimum Gasteiger partial charge on any atom is -0.480 e. The topological polar surface area (TPSA) is 74.7 Å². The molecule has 0 aliphatic carbocycles. The number of carbonyl (C=O) groups is 1. The molecule has 0 saturated carbocycles. The van der Waals surface area contributed by atoms with Crippen molar-refractivity contribution < 1.29 is 18.3 Å². The van der Waals surface area contributed by atoms with E-state index in [1.165, 1.54) is 13.1 Å². The van der Waals surface area contributed by atoms with Gasteiger partial charge in [0.1, 0.15) is 6.04 Å². The molecule has 0 amide bonds. The third kappa shape index (κ3) is 3.61. The fourth-order valence-corrected chi connectivity index (χ4v) is 4.22. The summed E-state index contributed by atoms with van der Waals surface area (Å²) >= 11 is 0. The fraction of sp³-hybridized carbons (Fsp3) is 0.150. The number of carboxylic acid groups (broad SMARTS) is 1. The molecule has 0 fully saturated rings. The van der Waals surface area contributed by atoms with E-state index in [1.54, 1.807) is 36.4 Å². The van der Waals surface area contributed by atoms with Gasteiger partial charge in [-0.1, -0.05) is 60.7 Å². The number of aliphatic carboxylic acids is 1. The Kier molecular flexibility index (Phi) is 5.06. The molecule has 3 rings (SSSR count). The molecule has 0 unspecified atom stereocenters. The second-order valence-corrected chi connectivity index (χ2v) is 8.07. The maximum atomic E-state index is 13.0. The van der Waals surface area contributed by atoms with Crippen LogP contribution < -0.4 is 0 Å². The van der Waals surface area contributed by atoms with E-state index >= 15 is 0 Å². The summed E-state index contributed by atoms with van der Waals surface area (Å²) in [5, 5.41) is 11.3. The smallest absolute Gasteiger partial charge is 0.322 e. The SMILES string of the molecule is CN([C@@H](Cc1ccccc1)C(=O)O)S(=O)(=O)c1ccc2ccccc2c1. The van der Waals surface area contributed by atoms with Crippen molar-refractivity contribution in [3.8, 4) is 0 Å². The van der Waals surface area contributed by atoms with Gasteiger partial charge in [-0.05, 0) is 34.9 Å². The summed E-state index contributed by atoms with van der Waals surface area (Å²) in [5.74, 6) is -1.18. The molecule has 1 N–H and O–H groups in total. The monoisotopic (exact) mass is 369 g/mol. The average Bonchev–Trinajstić information content (AvgIpc) is 2.65. The molecule has 0 heterocycles. The third-order valence-corrected chi connectivity index (χ3v) is 6.26. The molecule has 0 spiro atoms. The minimum absolute atomic E-state index is 0.0815. The highest BCUT2D eigenvalue weighted by atomic mass is 32.2. The predicted molar refractivity (Wildman–Crippen MR) is 100 cm³/mol. The Morgan fingerprint density at radius 2 is 1.58 bits per heavy atom. The molecule has 1 atom stereocenters. The van der Waals surface area contributed by atoms with E-state index in [9.17, 15) is 18.3 Å². The van der Waals surface area contributed by atoms with Crippen LogP contribution in [0, 0.1) is 0 Å². The van der Waals surface area contributed by atoms with Crippen LogP contribution in [0.3, 0.4) is 0 Å². The van der Waals surface area contributed by atoms with Crippen molar-refractivity contribution >= 4 is 26.8 Å². The Labute approximate surface area is 152 Å². The van der Waals surface area contributed by atoms with Crippen LogP contribution in [0.5, 0.6) is 0 Å². The molecule has 0 aliphatic rings. The van der Waals surface area contributed by atoms with Gasteiger partial charge in [0.15, 0.2) is 0 Å². The van der Waals surface area contributed by atoms with Crippen LogP contribution in [0.25, 0.3) is 10.8 Å². The van der Waals surface area contributed by atoms with Crippen molar-refractivity contribution in [2.24, 2.45) is 0 Å². The highest BCUT2D eigenvalue weighted by Crippen LogP contribution is 2.23. The maximum absolute atomic E-state index is 13.0. The highest BCUT2D eigenvalue weighted by Gasteiger charge is 2.33. The first-order chi connectivity index (χ1) is 12.4. The minimum atomic E-state index is -3.94. The number of rotatable bonds is 6. The van der Waals surface area contributed by atoms with Gasteiger partial charge in [-0.15, -0.1) is 0 Å². The van der Waals surface area contributed by atoms with Gasteiger partial charge in [0.25, 0.3) is 0 Å². The van der Waals surface area contributed by atoms with Crippen molar-refractivity contribution in [2.45, 2.75) is 17.4 Å². The van der Waals surface area contributed by atoms with Gasteiger partial charge in [-0.25, -0.2) is 8.42 Å². The van der Waals surface area contributed by atoms with E-state index in [1.807, 2.05) is 30.3 Å². The lowest BCUT2D eigenvalue weighted by molar-refractivity contribution is -0.141. The quantitative estimate of drug-likeness (QED) is 0.724. The van der Waals surface area contributed by atoms with Crippen molar-refractivity contribution in [3.05, 3.63) is 78.4 Å². The Morgan fingerprint density at radius 3 is 2.23 bits per heavy atom. The van der Waals surface area contributed by atoms with Crippen LogP contribution >= 0.6 is 0 Å². The molecule has 0 saturated heterocycles. The molecule has 26 heavy (non-hydrogen) atoms. The zero-order valence-electron chi connectivity index (χ0n) is 14.2. The lowest BCUT2D eigenvalue weighted by atomic mass is 10.1. The molecule has 0 radical (unpaired) electrons. The van der Waals surface area contributed by atoms with Crippen LogP contribution in [-0.2, 0) is 21.2 Å². The molecule has 3 aromatic carbocycles. The van der Waals surface area contributed by atoms with Crippen LogP contribution in [0.15, 0.2) is 77.7 Å². The third-order valence-electron chi connectivity index (χ3n) is 4.39. The van der Waals surface area contributed by atoms with Gasteiger partial charge >= 0.3 is 5.97 Å². The summed E-state index contributed by atoms with van der Waals surface area (Å²) in [6, 6.07) is 20.0. The number of likely N-dealkylation sites (N-methyl/N-ethyl adjacent to an activating group) is 1. The Morgan fingerprint density at radius 1 is 0.962 bits per heavy atom. The summed E-state index contributed by atoms with van der Waals surface area (Å²) < 4.78 is 26.9. The number of hydrogen-bond acceptors (Lipinski definition) is 3. The second-order valence-electron chi connectivity index (χ2n) is 6.07. The second kappa shape index (κ2) is 7.27. The summed E-state index contributed by atoms with van der Waals surface area (Å²) in [5.41, 5.74) is 0.764. The van der Waals surface area contributed by atoms with Crippen LogP contribution in [0.2, 0.25) is 0 Å². The van der Waals surface area contributed by atoms with E-state index in [0.717, 1.165) is 20.6 Å². The van der Waals surface area contributed by atoms with E-state index in [0.29, 0.717) is 0 Å². The van der Waals surface area contributed by atoms with Gasteiger partial charge in [-0.2, -0.15) is 4.31 Å². The summed E-state index contributed by atoms with van der Waals surface area (Å²) in [4.78, 5) is 11.8. The zero-order chi connectivity index (χ0) is 18.7. The van der Waals surface area contributed by atoms with Crippen LogP contribution in [-0.4, -0.2) is 36.9 Å². The average molecular weight is 369 g/mol. The van der Waals surface area contributed by atoms with Crippen molar-refractivity contribution in [1.29, 1.82) is 0 Å². The summed E-state index contributed by atoms with van der Waals surface area (Å²) in [6.45, 7) is 0. The largest absolute Gasteiger partial charge is 0.480 e. The first kappa shape index (κ1) is 18.1. The first-order valence-electron chi connectivity index (χ1n) is 8.13. The van der Waals surface area contributed by atoms with Gasteiger partial charge in [0.05, 0.1) is 4.90 Å². The number of sulfonamides is 1. The molecular formula is C20H19NO4S. The summed E-state index contributed by atoms with van der Waals surface area (Å²) in [6.07, 6.45) is 0.0967. The first-order valence-corrected chi connectivity index (χ1v) is 9.57. The lowest BCUT2D eigenvalue weighted by Gasteiger charge is -2.24. The van der Waals surface area contributed by atoms with Crippen molar-refractivity contribution in [1.82, 2.24) is 4.31 Å². The Balaban J connectivity index is 1.95. The fourth-order valence-electron chi connectivity index (χ4n) is 2.87. The molecule has 0 aliphatic heterocycles. The van der Waals surface area contributed by atoms with Crippen LogP contribution in [0.4, 0.5) is 0 Å². The predicted octanol–water partition coefficient (Wildman–Crippen LogP) is 3.16. The number of fused-ring (bicyclic) bond motifs is 1. The molecule has 0 aromatic heterocycles. The summed E-state index contributed by atoms with van der Waals surface area (Å²) in [7, 11) is -2.63. The molecular weight excluding hydrogens is 350 g/mol. The Bertz CT molecular complexity index is 1030. The molecule has 0 bridgehead atoms. The number of nitrogens with zero attached hydrogens (tertiary/aromatic N) is 1. The lowest BCUT2D eigenvalue weighted by Crippen LogP contribution is -2.43. The van der Waals surface area contributed by atoms with Crippen molar-refractivity contribution in [3.63, 3.8) is 0 Å². The normalized spacial score (nSPS) is 13.0.